The van der Waals surface area contributed by atoms with Crippen molar-refractivity contribution in [1.82, 2.24) is 0 Å². The zero-order valence-corrected chi connectivity index (χ0v) is 17.4. The lowest BCUT2D eigenvalue weighted by molar-refractivity contribution is 0.145. The Kier molecular flexibility index (Phi) is 7.65. The van der Waals surface area contributed by atoms with Crippen LogP contribution in [0.5, 0.6) is 0 Å². The monoisotopic (exact) mass is 392 g/mol. The summed E-state index contributed by atoms with van der Waals surface area (Å²) in [6.45, 7) is 3.84. The van der Waals surface area contributed by atoms with Crippen molar-refractivity contribution in [2.75, 3.05) is 0 Å². The summed E-state index contributed by atoms with van der Waals surface area (Å²) in [7, 11) is 0. The number of allylic oxidation sites excluding steroid dienone is 2. The number of hydrogen-bond donors (Lipinski definition) is 0. The van der Waals surface area contributed by atoms with Crippen molar-refractivity contribution >= 4 is 0 Å². The number of halogens is 3. The minimum absolute atomic E-state index is 0.0761. The number of hydrogen-bond acceptors (Lipinski definition) is 0. The highest BCUT2D eigenvalue weighted by atomic mass is 19.3. The molecule has 0 radical (unpaired) electrons. The SMILES string of the molecule is CCCC1CCC(/C=C/C2CCC(c3ccc(C)c(C(F)F)c3F)CC2)CC1. The maximum atomic E-state index is 14.6. The zero-order valence-electron chi connectivity index (χ0n) is 17.4. The predicted molar refractivity (Wildman–Crippen MR) is 110 cm³/mol. The number of benzene rings is 1. The minimum atomic E-state index is -2.74. The fraction of sp³-hybridized carbons (Fsp3) is 0.680. The van der Waals surface area contributed by atoms with Gasteiger partial charge >= 0.3 is 0 Å². The topological polar surface area (TPSA) is 0 Å². The van der Waals surface area contributed by atoms with Gasteiger partial charge in [-0.2, -0.15) is 0 Å². The van der Waals surface area contributed by atoms with Crippen LogP contribution < -0.4 is 0 Å². The van der Waals surface area contributed by atoms with Gasteiger partial charge in [0.25, 0.3) is 6.43 Å². The molecule has 0 bridgehead atoms. The van der Waals surface area contributed by atoms with E-state index in [0.29, 0.717) is 17.0 Å². The van der Waals surface area contributed by atoms with E-state index in [1.165, 1.54) is 38.5 Å². The van der Waals surface area contributed by atoms with Gasteiger partial charge in [-0.1, -0.05) is 44.1 Å². The van der Waals surface area contributed by atoms with Gasteiger partial charge in [0.05, 0.1) is 5.56 Å². The van der Waals surface area contributed by atoms with E-state index in [1.54, 1.807) is 19.1 Å². The molecule has 2 aliphatic carbocycles. The van der Waals surface area contributed by atoms with Gasteiger partial charge in [0, 0.05) is 0 Å². The zero-order chi connectivity index (χ0) is 20.1. The van der Waals surface area contributed by atoms with E-state index in [1.807, 2.05) is 0 Å². The average Bonchev–Trinajstić information content (AvgIpc) is 2.68. The van der Waals surface area contributed by atoms with Crippen molar-refractivity contribution in [1.29, 1.82) is 0 Å². The third-order valence-electron chi connectivity index (χ3n) is 7.10. The summed E-state index contributed by atoms with van der Waals surface area (Å²) < 4.78 is 41.0. The summed E-state index contributed by atoms with van der Waals surface area (Å²) >= 11 is 0. The Balaban J connectivity index is 1.52. The molecule has 1 aromatic carbocycles. The second-order valence-corrected chi connectivity index (χ2v) is 9.07. The van der Waals surface area contributed by atoms with E-state index in [0.717, 1.165) is 37.5 Å². The lowest BCUT2D eigenvalue weighted by atomic mass is 9.76. The quantitative estimate of drug-likeness (QED) is 0.426. The summed E-state index contributed by atoms with van der Waals surface area (Å²) in [6.07, 6.45) is 14.0. The van der Waals surface area contributed by atoms with Gasteiger partial charge in [0.15, 0.2) is 0 Å². The van der Waals surface area contributed by atoms with Gasteiger partial charge in [-0.3, -0.25) is 0 Å². The predicted octanol–water partition coefficient (Wildman–Crippen LogP) is 8.51. The Morgan fingerprint density at radius 1 is 0.929 bits per heavy atom. The van der Waals surface area contributed by atoms with Gasteiger partial charge in [0.1, 0.15) is 5.82 Å². The van der Waals surface area contributed by atoms with E-state index >= 15 is 0 Å². The van der Waals surface area contributed by atoms with Crippen LogP contribution in [0.3, 0.4) is 0 Å². The molecule has 3 rings (SSSR count). The Bertz CT molecular complexity index is 648. The van der Waals surface area contributed by atoms with Crippen LogP contribution in [-0.4, -0.2) is 0 Å². The second kappa shape index (κ2) is 9.98. The molecule has 0 nitrogen and oxygen atoms in total. The smallest absolute Gasteiger partial charge is 0.206 e. The Morgan fingerprint density at radius 2 is 1.50 bits per heavy atom. The van der Waals surface area contributed by atoms with Crippen LogP contribution in [0.25, 0.3) is 0 Å². The van der Waals surface area contributed by atoms with Gasteiger partial charge in [-0.05, 0) is 93.1 Å². The molecule has 0 heterocycles. The molecule has 0 unspecified atom stereocenters. The molecule has 0 N–H and O–H groups in total. The second-order valence-electron chi connectivity index (χ2n) is 9.07. The first-order valence-electron chi connectivity index (χ1n) is 11.2. The van der Waals surface area contributed by atoms with Crippen molar-refractivity contribution in [3.8, 4) is 0 Å². The number of aryl methyl sites for hydroxylation is 1. The highest BCUT2D eigenvalue weighted by Gasteiger charge is 2.27. The molecule has 2 aliphatic rings. The van der Waals surface area contributed by atoms with Crippen LogP contribution in [0.4, 0.5) is 13.2 Å². The summed E-state index contributed by atoms with van der Waals surface area (Å²) in [5.41, 5.74) is 0.442. The molecule has 0 atom stereocenters. The molecule has 156 valence electrons. The fourth-order valence-corrected chi connectivity index (χ4v) is 5.30. The van der Waals surface area contributed by atoms with Gasteiger partial charge in [0.2, 0.25) is 0 Å². The van der Waals surface area contributed by atoms with E-state index < -0.39 is 17.8 Å². The maximum Gasteiger partial charge on any atom is 0.266 e. The Labute approximate surface area is 168 Å². The Hall–Kier alpha value is -1.25. The normalized spacial score (nSPS) is 28.9. The molecule has 0 saturated heterocycles. The first-order valence-corrected chi connectivity index (χ1v) is 11.2. The highest BCUT2D eigenvalue weighted by Crippen LogP contribution is 2.40. The molecule has 2 fully saturated rings. The fourth-order valence-electron chi connectivity index (χ4n) is 5.30. The van der Waals surface area contributed by atoms with Crippen molar-refractivity contribution in [3.05, 3.63) is 46.8 Å². The summed E-state index contributed by atoms with van der Waals surface area (Å²) in [4.78, 5) is 0. The summed E-state index contributed by atoms with van der Waals surface area (Å²) in [5, 5.41) is 0. The van der Waals surface area contributed by atoms with E-state index in [4.69, 9.17) is 0 Å². The van der Waals surface area contributed by atoms with Crippen molar-refractivity contribution < 1.29 is 13.2 Å². The molecule has 28 heavy (non-hydrogen) atoms. The first kappa shape index (κ1) is 21.5. The van der Waals surface area contributed by atoms with Crippen LogP contribution >= 0.6 is 0 Å². The summed E-state index contributed by atoms with van der Waals surface area (Å²) in [6, 6.07) is 3.38. The molecule has 0 aromatic heterocycles. The Morgan fingerprint density at radius 3 is 2.04 bits per heavy atom. The van der Waals surface area contributed by atoms with Crippen molar-refractivity contribution in [2.24, 2.45) is 17.8 Å². The van der Waals surface area contributed by atoms with Crippen LogP contribution in [0.2, 0.25) is 0 Å². The van der Waals surface area contributed by atoms with Gasteiger partial charge in [-0.25, -0.2) is 13.2 Å². The minimum Gasteiger partial charge on any atom is -0.206 e. The van der Waals surface area contributed by atoms with E-state index in [2.05, 4.69) is 19.1 Å². The molecular weight excluding hydrogens is 357 g/mol. The average molecular weight is 393 g/mol. The van der Waals surface area contributed by atoms with Crippen LogP contribution in [0.15, 0.2) is 24.3 Å². The maximum absolute atomic E-state index is 14.6. The van der Waals surface area contributed by atoms with Crippen molar-refractivity contribution in [3.63, 3.8) is 0 Å². The van der Waals surface area contributed by atoms with Crippen LogP contribution in [-0.2, 0) is 0 Å². The van der Waals surface area contributed by atoms with Gasteiger partial charge < -0.3 is 0 Å². The van der Waals surface area contributed by atoms with E-state index in [9.17, 15) is 13.2 Å². The third kappa shape index (κ3) is 5.21. The highest BCUT2D eigenvalue weighted by molar-refractivity contribution is 5.36. The lowest BCUT2D eigenvalue weighted by Crippen LogP contribution is -2.15. The molecule has 0 spiro atoms. The lowest BCUT2D eigenvalue weighted by Gasteiger charge is -2.29. The third-order valence-corrected chi connectivity index (χ3v) is 7.10. The molecule has 3 heteroatoms. The molecule has 0 amide bonds. The van der Waals surface area contributed by atoms with Crippen LogP contribution in [0, 0.1) is 30.5 Å². The molecule has 2 saturated carbocycles. The molecule has 0 aliphatic heterocycles. The van der Waals surface area contributed by atoms with E-state index in [-0.39, 0.29) is 5.92 Å². The summed E-state index contributed by atoms with van der Waals surface area (Å²) in [5.74, 6) is 1.64. The first-order chi connectivity index (χ1) is 13.5. The van der Waals surface area contributed by atoms with Gasteiger partial charge in [-0.15, -0.1) is 0 Å². The molecule has 1 aromatic rings. The largest absolute Gasteiger partial charge is 0.266 e. The number of rotatable bonds is 6. The van der Waals surface area contributed by atoms with Crippen molar-refractivity contribution in [2.45, 2.75) is 90.4 Å². The molecular formula is C25H35F3. The standard InChI is InChI=1S/C25H35F3/c1-3-4-18-6-8-19(9-7-18)10-11-20-12-14-21(15-13-20)22-16-5-17(2)23(24(22)26)25(27)28/h5,10-11,16,18-21,25H,3-4,6-9,12-15H2,1-2H3/b11-10+. The van der Waals surface area contributed by atoms with Crippen LogP contribution in [0.1, 0.15) is 100 Å². The number of alkyl halides is 2.